The number of amides is 1. The number of nitrogens with zero attached hydrogens (tertiary/aromatic N) is 2. The fourth-order valence-electron chi connectivity index (χ4n) is 3.66. The fraction of sp³-hybridized carbons (Fsp3) is 0.316. The van der Waals surface area contributed by atoms with Crippen molar-refractivity contribution in [1.29, 1.82) is 0 Å². The third-order valence-electron chi connectivity index (χ3n) is 5.08. The van der Waals surface area contributed by atoms with Gasteiger partial charge in [0.05, 0.1) is 24.2 Å². The second kappa shape index (κ2) is 7.57. The maximum absolute atomic E-state index is 14.8. The molecule has 152 valence electrons. The van der Waals surface area contributed by atoms with Crippen LogP contribution in [0.25, 0.3) is 0 Å². The Labute approximate surface area is 169 Å². The molecule has 3 heterocycles. The van der Waals surface area contributed by atoms with Crippen LogP contribution in [0.2, 0.25) is 5.02 Å². The molecule has 1 amide bonds. The summed E-state index contributed by atoms with van der Waals surface area (Å²) in [5, 5.41) is 3.01. The molecule has 3 atom stereocenters. The molecule has 2 aromatic rings. The summed E-state index contributed by atoms with van der Waals surface area (Å²) in [4.78, 5) is 20.5. The van der Waals surface area contributed by atoms with E-state index in [0.717, 1.165) is 6.07 Å². The monoisotopic (exact) mass is 422 g/mol. The van der Waals surface area contributed by atoms with E-state index in [-0.39, 0.29) is 36.2 Å². The molecule has 10 heteroatoms. The summed E-state index contributed by atoms with van der Waals surface area (Å²) >= 11 is 5.77. The van der Waals surface area contributed by atoms with Crippen LogP contribution < -0.4 is 11.1 Å². The van der Waals surface area contributed by atoms with E-state index in [4.69, 9.17) is 26.8 Å². The number of halogens is 3. The number of fused-ring (bicyclic) bond motifs is 1. The van der Waals surface area contributed by atoms with Crippen molar-refractivity contribution in [3.05, 3.63) is 58.6 Å². The minimum Gasteiger partial charge on any atom is -0.459 e. The van der Waals surface area contributed by atoms with E-state index in [0.29, 0.717) is 5.02 Å². The Morgan fingerprint density at radius 1 is 1.34 bits per heavy atom. The van der Waals surface area contributed by atoms with E-state index in [1.54, 1.807) is 0 Å². The third-order valence-corrected chi connectivity index (χ3v) is 5.30. The van der Waals surface area contributed by atoms with Gasteiger partial charge in [-0.1, -0.05) is 11.6 Å². The first-order chi connectivity index (χ1) is 13.9. The molecule has 0 spiro atoms. The zero-order valence-corrected chi connectivity index (χ0v) is 15.8. The molecule has 2 aliphatic rings. The van der Waals surface area contributed by atoms with Crippen molar-refractivity contribution in [1.82, 2.24) is 4.98 Å². The number of hydrogen-bond donors (Lipinski definition) is 2. The quantitative estimate of drug-likeness (QED) is 0.789. The Kier molecular flexibility index (Phi) is 5.10. The van der Waals surface area contributed by atoms with E-state index in [1.165, 1.54) is 30.5 Å². The zero-order valence-electron chi connectivity index (χ0n) is 15.1. The largest absolute Gasteiger partial charge is 0.459 e. The van der Waals surface area contributed by atoms with Gasteiger partial charge in [0, 0.05) is 17.4 Å². The molecule has 0 radical (unpaired) electrons. The fourth-order valence-corrected chi connectivity index (χ4v) is 3.77. The smallest absolute Gasteiger partial charge is 0.283 e. The number of carbonyl (C=O) groups is 1. The van der Waals surface area contributed by atoms with Crippen molar-refractivity contribution in [2.24, 2.45) is 16.6 Å². The molecular weight excluding hydrogens is 406 g/mol. The number of carbonyl (C=O) groups excluding carboxylic acids is 1. The number of nitrogens with one attached hydrogen (secondary N) is 1. The minimum absolute atomic E-state index is 0.0337. The van der Waals surface area contributed by atoms with Crippen LogP contribution in [0.5, 0.6) is 0 Å². The summed E-state index contributed by atoms with van der Waals surface area (Å²) in [5.41, 5.74) is 4.47. The van der Waals surface area contributed by atoms with Gasteiger partial charge in [0.1, 0.15) is 29.8 Å². The van der Waals surface area contributed by atoms with Crippen LogP contribution in [-0.4, -0.2) is 42.9 Å². The standard InChI is InChI=1S/C19H17ClF2N4O3/c20-10-1-4-15(24-6-10)17(27)25-11-2-3-14(22)12(5-11)19(9-21)13-7-28-8-16(13)29-18(23)26-19/h1-6,13,16H,7-9H2,(H2,23,26)(H,25,27). The van der Waals surface area contributed by atoms with E-state index in [1.807, 2.05) is 0 Å². The Morgan fingerprint density at radius 2 is 2.17 bits per heavy atom. The normalized spacial score (nSPS) is 25.7. The number of anilines is 1. The zero-order chi connectivity index (χ0) is 20.6. The van der Waals surface area contributed by atoms with Gasteiger partial charge in [-0.15, -0.1) is 0 Å². The first-order valence-electron chi connectivity index (χ1n) is 8.81. The number of rotatable bonds is 4. The summed E-state index contributed by atoms with van der Waals surface area (Å²) in [7, 11) is 0. The summed E-state index contributed by atoms with van der Waals surface area (Å²) < 4.78 is 39.9. The van der Waals surface area contributed by atoms with Crippen molar-refractivity contribution < 1.29 is 23.0 Å². The van der Waals surface area contributed by atoms with Crippen LogP contribution in [-0.2, 0) is 15.0 Å². The Hall–Kier alpha value is -2.78. The van der Waals surface area contributed by atoms with Crippen molar-refractivity contribution >= 4 is 29.2 Å². The van der Waals surface area contributed by atoms with Crippen LogP contribution in [0.3, 0.4) is 0 Å². The number of ether oxygens (including phenoxy) is 2. The SMILES string of the molecule is NC1=NC(CF)(c2cc(NC(=O)c3ccc(Cl)cn3)ccc2F)C2COCC2O1. The number of hydrogen-bond acceptors (Lipinski definition) is 6. The lowest BCUT2D eigenvalue weighted by molar-refractivity contribution is 0.0614. The van der Waals surface area contributed by atoms with Gasteiger partial charge in [-0.2, -0.15) is 0 Å². The predicted molar refractivity (Wildman–Crippen MR) is 102 cm³/mol. The molecule has 1 fully saturated rings. The van der Waals surface area contributed by atoms with Crippen molar-refractivity contribution in [2.45, 2.75) is 11.6 Å². The van der Waals surface area contributed by atoms with E-state index >= 15 is 0 Å². The molecular formula is C19H17ClF2N4O3. The molecule has 4 rings (SSSR count). The lowest BCUT2D eigenvalue weighted by Gasteiger charge is -2.39. The molecule has 3 N–H and O–H groups in total. The van der Waals surface area contributed by atoms with Gasteiger partial charge in [0.15, 0.2) is 0 Å². The van der Waals surface area contributed by atoms with Crippen LogP contribution in [0.1, 0.15) is 16.1 Å². The van der Waals surface area contributed by atoms with E-state index in [2.05, 4.69) is 15.3 Å². The lowest BCUT2D eigenvalue weighted by Crippen LogP contribution is -2.50. The van der Waals surface area contributed by atoms with Crippen LogP contribution in [0, 0.1) is 11.7 Å². The summed E-state index contributed by atoms with van der Waals surface area (Å²) in [6.45, 7) is -0.645. The van der Waals surface area contributed by atoms with Crippen molar-refractivity contribution in [3.8, 4) is 0 Å². The molecule has 1 aromatic heterocycles. The summed E-state index contributed by atoms with van der Waals surface area (Å²) in [6, 6.07) is 6.61. The number of benzene rings is 1. The predicted octanol–water partition coefficient (Wildman–Crippen LogP) is 2.65. The maximum Gasteiger partial charge on any atom is 0.283 e. The number of alkyl halides is 1. The first-order valence-corrected chi connectivity index (χ1v) is 9.19. The summed E-state index contributed by atoms with van der Waals surface area (Å²) in [5.74, 6) is -1.75. The molecule has 0 saturated carbocycles. The van der Waals surface area contributed by atoms with Crippen molar-refractivity contribution in [2.75, 3.05) is 25.2 Å². The first kappa shape index (κ1) is 19.5. The lowest BCUT2D eigenvalue weighted by atomic mass is 9.76. The highest BCUT2D eigenvalue weighted by Crippen LogP contribution is 2.44. The van der Waals surface area contributed by atoms with Gasteiger partial charge in [-0.3, -0.25) is 4.79 Å². The van der Waals surface area contributed by atoms with Crippen LogP contribution >= 0.6 is 11.6 Å². The van der Waals surface area contributed by atoms with Gasteiger partial charge < -0.3 is 20.5 Å². The maximum atomic E-state index is 14.8. The molecule has 3 unspecified atom stereocenters. The molecule has 7 nitrogen and oxygen atoms in total. The average Bonchev–Trinajstić information content (AvgIpc) is 3.18. The Balaban J connectivity index is 1.70. The van der Waals surface area contributed by atoms with Gasteiger partial charge in [0.25, 0.3) is 11.9 Å². The highest BCUT2D eigenvalue weighted by molar-refractivity contribution is 6.30. The highest BCUT2D eigenvalue weighted by Gasteiger charge is 2.53. The molecule has 1 aromatic carbocycles. The molecule has 2 aliphatic heterocycles. The highest BCUT2D eigenvalue weighted by atomic mass is 35.5. The Morgan fingerprint density at radius 3 is 2.90 bits per heavy atom. The van der Waals surface area contributed by atoms with E-state index < -0.39 is 36.0 Å². The Bertz CT molecular complexity index is 972. The molecule has 29 heavy (non-hydrogen) atoms. The second-order valence-corrected chi connectivity index (χ2v) is 7.26. The van der Waals surface area contributed by atoms with Gasteiger partial charge in [-0.05, 0) is 30.3 Å². The summed E-state index contributed by atoms with van der Waals surface area (Å²) in [6.07, 6.45) is 0.809. The van der Waals surface area contributed by atoms with E-state index in [9.17, 15) is 13.6 Å². The molecule has 0 aliphatic carbocycles. The number of pyridine rings is 1. The number of aromatic nitrogens is 1. The average molecular weight is 423 g/mol. The second-order valence-electron chi connectivity index (χ2n) is 6.82. The third kappa shape index (κ3) is 3.51. The molecule has 0 bridgehead atoms. The number of amidine groups is 1. The van der Waals surface area contributed by atoms with Crippen LogP contribution in [0.15, 0.2) is 41.5 Å². The van der Waals surface area contributed by atoms with Crippen LogP contribution in [0.4, 0.5) is 14.5 Å². The topological polar surface area (TPSA) is 98.8 Å². The van der Waals surface area contributed by atoms with Crippen molar-refractivity contribution in [3.63, 3.8) is 0 Å². The minimum atomic E-state index is -1.60. The molecule has 1 saturated heterocycles. The van der Waals surface area contributed by atoms with Gasteiger partial charge in [0.2, 0.25) is 0 Å². The van der Waals surface area contributed by atoms with Gasteiger partial charge >= 0.3 is 0 Å². The van der Waals surface area contributed by atoms with Gasteiger partial charge in [-0.25, -0.2) is 18.8 Å². The number of nitrogens with two attached hydrogens (primary N) is 1. The number of aliphatic imine (C=N–C) groups is 1.